The number of alkyl halides is 2. The summed E-state index contributed by atoms with van der Waals surface area (Å²) in [6, 6.07) is 8.25. The molecule has 0 radical (unpaired) electrons. The first-order valence-corrected chi connectivity index (χ1v) is 6.99. The summed E-state index contributed by atoms with van der Waals surface area (Å²) in [6.07, 6.45) is 0.988. The van der Waals surface area contributed by atoms with Crippen molar-refractivity contribution in [3.05, 3.63) is 35.4 Å². The van der Waals surface area contributed by atoms with Crippen LogP contribution in [0.4, 0.5) is 0 Å². The van der Waals surface area contributed by atoms with Gasteiger partial charge in [0, 0.05) is 5.56 Å². The standard InChI is InChI=1S/C13H16ClIO/c1-9(2)8-12(3)10-6-4-5-7-11(10)13(14,15)16-12/h4-7,9H,8H2,1-3H3. The van der Waals surface area contributed by atoms with Gasteiger partial charge in [-0.25, -0.2) is 0 Å². The summed E-state index contributed by atoms with van der Waals surface area (Å²) in [5, 5.41) is 0. The molecule has 88 valence electrons. The van der Waals surface area contributed by atoms with Crippen LogP contribution in [0, 0.1) is 5.92 Å². The van der Waals surface area contributed by atoms with Crippen LogP contribution < -0.4 is 0 Å². The first-order valence-electron chi connectivity index (χ1n) is 5.53. The van der Waals surface area contributed by atoms with Gasteiger partial charge in [-0.05, 0) is 47.4 Å². The van der Waals surface area contributed by atoms with E-state index in [1.165, 1.54) is 5.56 Å². The molecule has 0 aromatic heterocycles. The Morgan fingerprint density at radius 3 is 2.44 bits per heavy atom. The fourth-order valence-electron chi connectivity index (χ4n) is 2.52. The van der Waals surface area contributed by atoms with E-state index in [9.17, 15) is 0 Å². The molecule has 3 heteroatoms. The van der Waals surface area contributed by atoms with Gasteiger partial charge in [-0.2, -0.15) is 0 Å². The summed E-state index contributed by atoms with van der Waals surface area (Å²) in [5.74, 6) is 0.583. The second-order valence-corrected chi connectivity index (χ2v) is 7.68. The molecule has 1 aromatic rings. The van der Waals surface area contributed by atoms with Crippen LogP contribution in [0.3, 0.4) is 0 Å². The lowest BCUT2D eigenvalue weighted by Crippen LogP contribution is -2.25. The molecule has 2 atom stereocenters. The Kier molecular flexibility index (Phi) is 3.28. The van der Waals surface area contributed by atoms with Crippen molar-refractivity contribution in [2.75, 3.05) is 0 Å². The van der Waals surface area contributed by atoms with Crippen molar-refractivity contribution in [3.63, 3.8) is 0 Å². The first kappa shape index (κ1) is 12.7. The predicted molar refractivity (Wildman–Crippen MR) is 75.9 cm³/mol. The van der Waals surface area contributed by atoms with Crippen LogP contribution in [0.5, 0.6) is 0 Å². The fourth-order valence-corrected chi connectivity index (χ4v) is 3.81. The lowest BCUT2D eigenvalue weighted by atomic mass is 9.87. The van der Waals surface area contributed by atoms with Crippen LogP contribution in [-0.4, -0.2) is 0 Å². The topological polar surface area (TPSA) is 9.23 Å². The number of ether oxygens (including phenoxy) is 1. The SMILES string of the molecule is CC(C)CC1(C)OC(Cl)(I)c2ccccc21. The van der Waals surface area contributed by atoms with E-state index in [-0.39, 0.29) is 5.60 Å². The third-order valence-electron chi connectivity index (χ3n) is 2.96. The molecule has 1 aliphatic heterocycles. The Morgan fingerprint density at radius 1 is 1.31 bits per heavy atom. The van der Waals surface area contributed by atoms with Crippen LogP contribution in [-0.2, 0) is 13.4 Å². The molecule has 0 fully saturated rings. The molecule has 1 nitrogen and oxygen atoms in total. The van der Waals surface area contributed by atoms with Crippen molar-refractivity contribution in [2.45, 2.75) is 35.9 Å². The molecule has 2 rings (SSSR count). The summed E-state index contributed by atoms with van der Waals surface area (Å²) >= 11 is 8.60. The van der Waals surface area contributed by atoms with Crippen LogP contribution in [0.2, 0.25) is 0 Å². The van der Waals surface area contributed by atoms with Crippen molar-refractivity contribution in [3.8, 4) is 0 Å². The average Bonchev–Trinajstić information content (AvgIpc) is 2.34. The molecule has 0 spiro atoms. The first-order chi connectivity index (χ1) is 7.35. The molecule has 2 unspecified atom stereocenters. The number of rotatable bonds is 2. The highest BCUT2D eigenvalue weighted by Gasteiger charge is 2.48. The molecule has 1 heterocycles. The number of fused-ring (bicyclic) bond motifs is 1. The van der Waals surface area contributed by atoms with Gasteiger partial charge in [0.2, 0.25) is 3.07 Å². The van der Waals surface area contributed by atoms with Crippen LogP contribution in [0.25, 0.3) is 0 Å². The molecule has 0 amide bonds. The van der Waals surface area contributed by atoms with Crippen LogP contribution in [0.15, 0.2) is 24.3 Å². The van der Waals surface area contributed by atoms with Gasteiger partial charge in [0.05, 0.1) is 5.60 Å². The van der Waals surface area contributed by atoms with Gasteiger partial charge < -0.3 is 4.74 Å². The lowest BCUT2D eigenvalue weighted by Gasteiger charge is -2.28. The molecule has 0 bridgehead atoms. The van der Waals surface area contributed by atoms with E-state index in [2.05, 4.69) is 61.6 Å². The molecular formula is C13H16ClIO. The van der Waals surface area contributed by atoms with Crippen molar-refractivity contribution < 1.29 is 4.74 Å². The Morgan fingerprint density at radius 2 is 1.88 bits per heavy atom. The fraction of sp³-hybridized carbons (Fsp3) is 0.538. The zero-order valence-electron chi connectivity index (χ0n) is 9.76. The number of hydrogen-bond acceptors (Lipinski definition) is 1. The average molecular weight is 351 g/mol. The number of benzene rings is 1. The maximum atomic E-state index is 6.43. The molecule has 0 aliphatic carbocycles. The van der Waals surface area contributed by atoms with Crippen LogP contribution in [0.1, 0.15) is 38.3 Å². The smallest absolute Gasteiger partial charge is 0.220 e. The third-order valence-corrected chi connectivity index (χ3v) is 4.04. The zero-order valence-corrected chi connectivity index (χ0v) is 12.7. The van der Waals surface area contributed by atoms with Gasteiger partial charge in [-0.1, -0.05) is 49.7 Å². The van der Waals surface area contributed by atoms with Crippen LogP contribution >= 0.6 is 34.2 Å². The van der Waals surface area contributed by atoms with E-state index in [1.54, 1.807) is 0 Å². The molecule has 1 aromatic carbocycles. The van der Waals surface area contributed by atoms with E-state index in [0.717, 1.165) is 12.0 Å². The lowest BCUT2D eigenvalue weighted by molar-refractivity contribution is -0.0528. The quantitative estimate of drug-likeness (QED) is 0.552. The molecule has 0 saturated carbocycles. The normalized spacial score (nSPS) is 33.1. The Balaban J connectivity index is 2.47. The largest absolute Gasteiger partial charge is 0.336 e. The highest BCUT2D eigenvalue weighted by atomic mass is 127. The highest BCUT2D eigenvalue weighted by molar-refractivity contribution is 14.1. The zero-order chi connectivity index (χ0) is 12.0. The highest BCUT2D eigenvalue weighted by Crippen LogP contribution is 2.55. The summed E-state index contributed by atoms with van der Waals surface area (Å²) in [7, 11) is 0. The molecular weight excluding hydrogens is 334 g/mol. The minimum absolute atomic E-state index is 0.256. The maximum absolute atomic E-state index is 6.43. The van der Waals surface area contributed by atoms with Crippen molar-refractivity contribution in [1.29, 1.82) is 0 Å². The monoisotopic (exact) mass is 350 g/mol. The second-order valence-electron chi connectivity index (χ2n) is 4.99. The second kappa shape index (κ2) is 4.14. The Bertz CT molecular complexity index is 403. The summed E-state index contributed by atoms with van der Waals surface area (Å²) in [6.45, 7) is 6.55. The van der Waals surface area contributed by atoms with Gasteiger partial charge >= 0.3 is 0 Å². The van der Waals surface area contributed by atoms with Gasteiger partial charge in [-0.15, -0.1) is 0 Å². The van der Waals surface area contributed by atoms with E-state index in [4.69, 9.17) is 16.3 Å². The summed E-state index contributed by atoms with van der Waals surface area (Å²) < 4.78 is 5.36. The third kappa shape index (κ3) is 2.12. The molecule has 0 saturated heterocycles. The Labute approximate surface area is 116 Å². The van der Waals surface area contributed by atoms with Gasteiger partial charge in [0.15, 0.2) is 0 Å². The van der Waals surface area contributed by atoms with E-state index < -0.39 is 3.07 Å². The number of hydrogen-bond donors (Lipinski definition) is 0. The summed E-state index contributed by atoms with van der Waals surface area (Å²) in [4.78, 5) is 0. The van der Waals surface area contributed by atoms with E-state index >= 15 is 0 Å². The van der Waals surface area contributed by atoms with Crippen molar-refractivity contribution in [2.24, 2.45) is 5.92 Å². The van der Waals surface area contributed by atoms with E-state index in [1.807, 2.05) is 6.07 Å². The van der Waals surface area contributed by atoms with Gasteiger partial charge in [0.25, 0.3) is 0 Å². The van der Waals surface area contributed by atoms with Crippen molar-refractivity contribution >= 4 is 34.2 Å². The maximum Gasteiger partial charge on any atom is 0.220 e. The molecule has 16 heavy (non-hydrogen) atoms. The number of halogens is 2. The summed E-state index contributed by atoms with van der Waals surface area (Å²) in [5.41, 5.74) is 2.07. The minimum atomic E-state index is -0.710. The minimum Gasteiger partial charge on any atom is -0.336 e. The van der Waals surface area contributed by atoms with Crippen molar-refractivity contribution in [1.82, 2.24) is 0 Å². The van der Waals surface area contributed by atoms with Gasteiger partial charge in [0.1, 0.15) is 0 Å². The van der Waals surface area contributed by atoms with Gasteiger partial charge in [-0.3, -0.25) is 0 Å². The molecule has 1 aliphatic rings. The van der Waals surface area contributed by atoms with E-state index in [0.29, 0.717) is 5.92 Å². The molecule has 0 N–H and O–H groups in total. The predicted octanol–water partition coefficient (Wildman–Crippen LogP) is 4.76. The Hall–Kier alpha value is 0.200.